The summed E-state index contributed by atoms with van der Waals surface area (Å²) >= 11 is 12.2. The second-order valence-corrected chi connectivity index (χ2v) is 6.53. The van der Waals surface area contributed by atoms with Crippen LogP contribution >= 0.6 is 23.2 Å². The lowest BCUT2D eigenvalue weighted by Gasteiger charge is -2.13. The highest BCUT2D eigenvalue weighted by Gasteiger charge is 2.15. The van der Waals surface area contributed by atoms with Gasteiger partial charge in [-0.05, 0) is 24.3 Å². The molecule has 0 aliphatic carbocycles. The topological polar surface area (TPSA) is 89.1 Å². The molecule has 4 N–H and O–H groups in total. The maximum Gasteiger partial charge on any atom is 0.193 e. The van der Waals surface area contributed by atoms with Crippen LogP contribution in [0.1, 0.15) is 18.1 Å². The number of nitrogens with one attached hydrogen (secondary N) is 1. The Morgan fingerprint density at radius 1 is 1.15 bits per heavy atom. The van der Waals surface area contributed by atoms with Crippen LogP contribution in [0, 0.1) is 0 Å². The molecule has 0 fully saturated rings. The maximum atomic E-state index is 10.3. The molecule has 26 heavy (non-hydrogen) atoms. The van der Waals surface area contributed by atoms with Crippen molar-refractivity contribution >= 4 is 34.8 Å². The molecule has 2 aromatic rings. The van der Waals surface area contributed by atoms with Crippen molar-refractivity contribution in [3.63, 3.8) is 0 Å². The van der Waals surface area contributed by atoms with Crippen molar-refractivity contribution in [3.05, 3.63) is 52.0 Å². The average Bonchev–Trinajstić information content (AvgIpc) is 2.85. The second-order valence-electron chi connectivity index (χ2n) is 5.71. The van der Waals surface area contributed by atoms with Crippen molar-refractivity contribution in [3.8, 4) is 11.5 Å². The monoisotopic (exact) mass is 395 g/mol. The molecule has 1 heterocycles. The molecule has 0 aromatic heterocycles. The maximum absolute atomic E-state index is 10.3. The van der Waals surface area contributed by atoms with Gasteiger partial charge in [-0.2, -0.15) is 0 Å². The number of hydrogen-bond acceptors (Lipinski definition) is 4. The van der Waals surface area contributed by atoms with Crippen LogP contribution in [0.3, 0.4) is 0 Å². The standard InChI is InChI=1S/C18H19Cl2N3O3/c19-12-3-1-4-13(20)17(12)14(24)10-22-18(21)23-11-5-6-15-16(9-11)26-8-2-7-25-15/h1,3-6,9,14,24H,2,7-8,10H2,(H3,21,22,23). The van der Waals surface area contributed by atoms with Gasteiger partial charge >= 0.3 is 0 Å². The first-order valence-corrected chi connectivity index (χ1v) is 8.89. The van der Waals surface area contributed by atoms with Crippen LogP contribution in [0.5, 0.6) is 11.5 Å². The zero-order chi connectivity index (χ0) is 18.5. The second kappa shape index (κ2) is 8.49. The van der Waals surface area contributed by atoms with Crippen LogP contribution in [0.2, 0.25) is 10.0 Å². The number of nitrogens with two attached hydrogens (primary N) is 1. The zero-order valence-electron chi connectivity index (χ0n) is 13.9. The molecule has 0 spiro atoms. The summed E-state index contributed by atoms with van der Waals surface area (Å²) in [5.74, 6) is 1.51. The molecule has 1 aliphatic rings. The average molecular weight is 396 g/mol. The van der Waals surface area contributed by atoms with Gasteiger partial charge in [-0.1, -0.05) is 29.3 Å². The van der Waals surface area contributed by atoms with E-state index in [1.165, 1.54) is 0 Å². The van der Waals surface area contributed by atoms with Crippen LogP contribution in [-0.4, -0.2) is 30.8 Å². The van der Waals surface area contributed by atoms with Gasteiger partial charge in [0.2, 0.25) is 0 Å². The quantitative estimate of drug-likeness (QED) is 0.543. The molecule has 138 valence electrons. The van der Waals surface area contributed by atoms with Gasteiger partial charge in [-0.3, -0.25) is 4.99 Å². The number of hydrogen-bond donors (Lipinski definition) is 3. The van der Waals surface area contributed by atoms with Gasteiger partial charge in [0.05, 0.1) is 19.8 Å². The van der Waals surface area contributed by atoms with E-state index in [-0.39, 0.29) is 12.5 Å². The first-order chi connectivity index (χ1) is 12.5. The van der Waals surface area contributed by atoms with Crippen LogP contribution in [0.4, 0.5) is 5.69 Å². The minimum absolute atomic E-state index is 0.0207. The van der Waals surface area contributed by atoms with Crippen molar-refractivity contribution < 1.29 is 14.6 Å². The smallest absolute Gasteiger partial charge is 0.193 e. The van der Waals surface area contributed by atoms with Gasteiger partial charge < -0.3 is 25.6 Å². The summed E-state index contributed by atoms with van der Waals surface area (Å²) in [7, 11) is 0. The summed E-state index contributed by atoms with van der Waals surface area (Å²) < 4.78 is 11.2. The number of benzene rings is 2. The fraction of sp³-hybridized carbons (Fsp3) is 0.278. The summed E-state index contributed by atoms with van der Waals surface area (Å²) in [5.41, 5.74) is 7.05. The number of guanidine groups is 1. The SMILES string of the molecule is NC(=NCC(O)c1c(Cl)cccc1Cl)Nc1ccc2c(c1)OCCCO2. The Bertz CT molecular complexity index is 794. The van der Waals surface area contributed by atoms with E-state index >= 15 is 0 Å². The lowest BCUT2D eigenvalue weighted by Crippen LogP contribution is -2.23. The van der Waals surface area contributed by atoms with Gasteiger partial charge in [-0.15, -0.1) is 0 Å². The van der Waals surface area contributed by atoms with E-state index in [1.54, 1.807) is 24.3 Å². The van der Waals surface area contributed by atoms with Gasteiger partial charge in [0.25, 0.3) is 0 Å². The van der Waals surface area contributed by atoms with Crippen LogP contribution in [0.25, 0.3) is 0 Å². The van der Waals surface area contributed by atoms with E-state index in [9.17, 15) is 5.11 Å². The molecule has 1 atom stereocenters. The number of aliphatic imine (C=N–C) groups is 1. The molecule has 0 bridgehead atoms. The third-order valence-corrected chi connectivity index (χ3v) is 4.45. The Morgan fingerprint density at radius 2 is 1.85 bits per heavy atom. The number of nitrogens with zero attached hydrogens (tertiary/aromatic N) is 1. The molecule has 0 amide bonds. The lowest BCUT2D eigenvalue weighted by atomic mass is 10.1. The number of ether oxygens (including phenoxy) is 2. The van der Waals surface area contributed by atoms with Crippen molar-refractivity contribution in [2.45, 2.75) is 12.5 Å². The molecule has 0 saturated heterocycles. The molecule has 2 aromatic carbocycles. The molecular formula is C18H19Cl2N3O3. The van der Waals surface area contributed by atoms with E-state index in [1.807, 2.05) is 12.1 Å². The number of anilines is 1. The number of rotatable bonds is 4. The fourth-order valence-electron chi connectivity index (χ4n) is 2.53. The van der Waals surface area contributed by atoms with E-state index in [2.05, 4.69) is 10.3 Å². The lowest BCUT2D eigenvalue weighted by molar-refractivity contribution is 0.187. The van der Waals surface area contributed by atoms with Crippen molar-refractivity contribution in [1.82, 2.24) is 0 Å². The van der Waals surface area contributed by atoms with E-state index < -0.39 is 6.10 Å². The van der Waals surface area contributed by atoms with Gasteiger partial charge in [0.15, 0.2) is 17.5 Å². The molecule has 0 saturated carbocycles. The summed E-state index contributed by atoms with van der Waals surface area (Å²) in [5, 5.41) is 14.0. The van der Waals surface area contributed by atoms with E-state index in [0.29, 0.717) is 46.0 Å². The highest BCUT2D eigenvalue weighted by Crippen LogP contribution is 2.32. The highest BCUT2D eigenvalue weighted by atomic mass is 35.5. The molecule has 1 aliphatic heterocycles. The van der Waals surface area contributed by atoms with Crippen molar-refractivity contribution in [2.75, 3.05) is 25.1 Å². The van der Waals surface area contributed by atoms with E-state index in [4.69, 9.17) is 38.4 Å². The largest absolute Gasteiger partial charge is 0.490 e. The number of aliphatic hydroxyl groups excluding tert-OH is 1. The van der Waals surface area contributed by atoms with E-state index in [0.717, 1.165) is 6.42 Å². The summed E-state index contributed by atoms with van der Waals surface area (Å²) in [4.78, 5) is 4.15. The van der Waals surface area contributed by atoms with Crippen molar-refractivity contribution in [1.29, 1.82) is 0 Å². The predicted octanol–water partition coefficient (Wildman–Crippen LogP) is 3.61. The number of aliphatic hydroxyl groups is 1. The molecule has 1 unspecified atom stereocenters. The van der Waals surface area contributed by atoms with Gasteiger partial charge in [0.1, 0.15) is 6.10 Å². The number of halogens is 2. The molecule has 3 rings (SSSR count). The summed E-state index contributed by atoms with van der Waals surface area (Å²) in [6.07, 6.45) is -0.121. The predicted molar refractivity (Wildman–Crippen MR) is 104 cm³/mol. The van der Waals surface area contributed by atoms with Crippen molar-refractivity contribution in [2.24, 2.45) is 10.7 Å². The third kappa shape index (κ3) is 4.52. The Balaban J connectivity index is 1.66. The molecule has 8 heteroatoms. The Kier molecular flexibility index (Phi) is 6.08. The first kappa shape index (κ1) is 18.6. The fourth-order valence-corrected chi connectivity index (χ4v) is 3.18. The number of fused-ring (bicyclic) bond motifs is 1. The minimum atomic E-state index is -0.958. The first-order valence-electron chi connectivity index (χ1n) is 8.13. The molecule has 6 nitrogen and oxygen atoms in total. The molecular weight excluding hydrogens is 377 g/mol. The molecule has 0 radical (unpaired) electrons. The van der Waals surface area contributed by atoms with Crippen LogP contribution < -0.4 is 20.5 Å². The third-order valence-electron chi connectivity index (χ3n) is 3.79. The van der Waals surface area contributed by atoms with Gasteiger partial charge in [-0.25, -0.2) is 0 Å². The Morgan fingerprint density at radius 3 is 2.58 bits per heavy atom. The Hall–Kier alpha value is -2.15. The summed E-state index contributed by atoms with van der Waals surface area (Å²) in [6, 6.07) is 10.5. The van der Waals surface area contributed by atoms with Crippen LogP contribution in [0.15, 0.2) is 41.4 Å². The normalized spacial score (nSPS) is 15.3. The van der Waals surface area contributed by atoms with Gasteiger partial charge in [0, 0.05) is 33.8 Å². The zero-order valence-corrected chi connectivity index (χ0v) is 15.4. The van der Waals surface area contributed by atoms with Crippen LogP contribution in [-0.2, 0) is 0 Å². The highest BCUT2D eigenvalue weighted by molar-refractivity contribution is 6.36. The minimum Gasteiger partial charge on any atom is -0.490 e. The Labute approximate surface area is 161 Å². The summed E-state index contributed by atoms with van der Waals surface area (Å²) in [6.45, 7) is 1.25.